The number of nitro benzene ring substituents is 1. The van der Waals surface area contributed by atoms with Crippen molar-refractivity contribution in [2.75, 3.05) is 0 Å². The third-order valence-electron chi connectivity index (χ3n) is 2.48. The number of ether oxygens (including phenoxy) is 1. The summed E-state index contributed by atoms with van der Waals surface area (Å²) in [6.07, 6.45) is 1.64. The second-order valence-corrected chi connectivity index (χ2v) is 4.07. The van der Waals surface area contributed by atoms with E-state index in [4.69, 9.17) is 16.3 Å². The van der Waals surface area contributed by atoms with Crippen molar-refractivity contribution in [1.29, 1.82) is 0 Å². The molecule has 6 heteroatoms. The minimum atomic E-state index is -0.480. The molecule has 1 aromatic heterocycles. The second kappa shape index (κ2) is 6.15. The minimum Gasteiger partial charge on any atom is -0.480 e. The fraction of sp³-hybridized carbons (Fsp3) is 0.154. The van der Waals surface area contributed by atoms with Gasteiger partial charge in [0.1, 0.15) is 6.61 Å². The van der Waals surface area contributed by atoms with Gasteiger partial charge in [-0.25, -0.2) is 0 Å². The number of alkyl halides is 1. The average Bonchev–Trinajstić information content (AvgIpc) is 2.45. The molecule has 0 unspecified atom stereocenters. The van der Waals surface area contributed by atoms with Gasteiger partial charge in [0.25, 0.3) is 0 Å². The molecule has 0 aliphatic heterocycles. The molecular weight excluding hydrogens is 268 g/mol. The van der Waals surface area contributed by atoms with Gasteiger partial charge in [0, 0.05) is 18.1 Å². The van der Waals surface area contributed by atoms with Crippen molar-refractivity contribution in [2.45, 2.75) is 12.5 Å². The average molecular weight is 279 g/mol. The van der Waals surface area contributed by atoms with Crippen LogP contribution in [-0.2, 0) is 12.5 Å². The van der Waals surface area contributed by atoms with Crippen LogP contribution in [0.25, 0.3) is 0 Å². The van der Waals surface area contributed by atoms with Crippen LogP contribution in [0.15, 0.2) is 42.6 Å². The smallest absolute Gasteiger partial charge is 0.310 e. The fourth-order valence-electron chi connectivity index (χ4n) is 1.54. The van der Waals surface area contributed by atoms with Crippen molar-refractivity contribution >= 4 is 17.3 Å². The van der Waals surface area contributed by atoms with Crippen LogP contribution in [0.2, 0.25) is 0 Å². The van der Waals surface area contributed by atoms with Gasteiger partial charge in [-0.1, -0.05) is 12.1 Å². The van der Waals surface area contributed by atoms with Crippen molar-refractivity contribution in [1.82, 2.24) is 4.98 Å². The van der Waals surface area contributed by atoms with Gasteiger partial charge in [-0.3, -0.25) is 15.1 Å². The summed E-state index contributed by atoms with van der Waals surface area (Å²) in [5.74, 6) is 0.478. The van der Waals surface area contributed by atoms with E-state index < -0.39 is 4.92 Å². The summed E-state index contributed by atoms with van der Waals surface area (Å²) in [6, 6.07) is 9.99. The lowest BCUT2D eigenvalue weighted by molar-refractivity contribution is -0.386. The molecule has 0 bridgehead atoms. The number of hydrogen-bond donors (Lipinski definition) is 0. The van der Waals surface area contributed by atoms with Crippen molar-refractivity contribution in [2.24, 2.45) is 0 Å². The van der Waals surface area contributed by atoms with Crippen LogP contribution >= 0.6 is 11.6 Å². The van der Waals surface area contributed by atoms with Crippen LogP contribution in [0.4, 0.5) is 5.69 Å². The maximum absolute atomic E-state index is 10.9. The first-order valence-electron chi connectivity index (χ1n) is 5.56. The molecule has 19 heavy (non-hydrogen) atoms. The van der Waals surface area contributed by atoms with Crippen molar-refractivity contribution in [3.8, 4) is 5.75 Å². The van der Waals surface area contributed by atoms with Gasteiger partial charge in [0.15, 0.2) is 5.75 Å². The molecule has 0 atom stereocenters. The third-order valence-corrected chi connectivity index (χ3v) is 2.79. The summed E-state index contributed by atoms with van der Waals surface area (Å²) in [5, 5.41) is 10.9. The Morgan fingerprint density at radius 2 is 2.16 bits per heavy atom. The molecule has 98 valence electrons. The Kier molecular flexibility index (Phi) is 4.30. The van der Waals surface area contributed by atoms with E-state index in [1.807, 2.05) is 6.07 Å². The molecule has 2 aromatic rings. The summed E-state index contributed by atoms with van der Waals surface area (Å²) in [7, 11) is 0. The van der Waals surface area contributed by atoms with Crippen LogP contribution in [0.5, 0.6) is 5.75 Å². The second-order valence-electron chi connectivity index (χ2n) is 3.80. The number of aromatic nitrogens is 1. The lowest BCUT2D eigenvalue weighted by atomic mass is 10.2. The van der Waals surface area contributed by atoms with Crippen molar-refractivity contribution in [3.63, 3.8) is 0 Å². The SMILES string of the molecule is O=[N+]([O-])c1ccc(CCl)cc1OCc1ccccn1. The van der Waals surface area contributed by atoms with E-state index in [2.05, 4.69) is 4.98 Å². The Balaban J connectivity index is 2.20. The van der Waals surface area contributed by atoms with Crippen molar-refractivity contribution in [3.05, 3.63) is 64.0 Å². The van der Waals surface area contributed by atoms with Gasteiger partial charge in [-0.05, 0) is 23.8 Å². The molecule has 0 saturated carbocycles. The molecule has 0 fully saturated rings. The summed E-state index contributed by atoms with van der Waals surface area (Å²) in [6.45, 7) is 0.174. The Hall–Kier alpha value is -2.14. The van der Waals surface area contributed by atoms with Gasteiger partial charge < -0.3 is 4.74 Å². The van der Waals surface area contributed by atoms with Crippen LogP contribution in [0, 0.1) is 10.1 Å². The topological polar surface area (TPSA) is 65.3 Å². The van der Waals surface area contributed by atoms with Crippen LogP contribution in [0.1, 0.15) is 11.3 Å². The number of hydrogen-bond acceptors (Lipinski definition) is 4. The summed E-state index contributed by atoms with van der Waals surface area (Å²) >= 11 is 5.71. The normalized spacial score (nSPS) is 10.2. The number of benzene rings is 1. The largest absolute Gasteiger partial charge is 0.480 e. The Labute approximate surface area is 115 Å². The first-order valence-corrected chi connectivity index (χ1v) is 6.10. The standard InChI is InChI=1S/C13H11ClN2O3/c14-8-10-4-5-12(16(17)18)13(7-10)19-9-11-3-1-2-6-15-11/h1-7H,8-9H2. The van der Waals surface area contributed by atoms with Gasteiger partial charge in [-0.15, -0.1) is 11.6 Å². The maximum Gasteiger partial charge on any atom is 0.310 e. The summed E-state index contributed by atoms with van der Waals surface area (Å²) in [4.78, 5) is 14.5. The van der Waals surface area contributed by atoms with E-state index in [1.54, 1.807) is 30.5 Å². The van der Waals surface area contributed by atoms with Gasteiger partial charge in [0.05, 0.1) is 10.6 Å². The van der Waals surface area contributed by atoms with Crippen molar-refractivity contribution < 1.29 is 9.66 Å². The highest BCUT2D eigenvalue weighted by atomic mass is 35.5. The first kappa shape index (κ1) is 13.3. The van der Waals surface area contributed by atoms with Crippen LogP contribution in [-0.4, -0.2) is 9.91 Å². The number of nitrogens with zero attached hydrogens (tertiary/aromatic N) is 2. The van der Waals surface area contributed by atoms with Gasteiger partial charge in [0.2, 0.25) is 0 Å². The van der Waals surface area contributed by atoms with E-state index >= 15 is 0 Å². The molecule has 0 radical (unpaired) electrons. The van der Waals surface area contributed by atoms with Gasteiger partial charge in [-0.2, -0.15) is 0 Å². The number of nitro groups is 1. The van der Waals surface area contributed by atoms with E-state index in [0.717, 1.165) is 5.56 Å². The number of rotatable bonds is 5. The third kappa shape index (κ3) is 3.42. The number of pyridine rings is 1. The molecule has 5 nitrogen and oxygen atoms in total. The monoisotopic (exact) mass is 278 g/mol. The predicted molar refractivity (Wildman–Crippen MR) is 71.2 cm³/mol. The molecule has 0 spiro atoms. The quantitative estimate of drug-likeness (QED) is 0.478. The molecule has 0 amide bonds. The van der Waals surface area contributed by atoms with Crippen LogP contribution in [0.3, 0.4) is 0 Å². The lowest BCUT2D eigenvalue weighted by Gasteiger charge is -2.07. The zero-order valence-electron chi connectivity index (χ0n) is 9.95. The molecule has 0 aliphatic carbocycles. The molecule has 0 N–H and O–H groups in total. The summed E-state index contributed by atoms with van der Waals surface area (Å²) in [5.41, 5.74) is 1.39. The fourth-order valence-corrected chi connectivity index (χ4v) is 1.71. The summed E-state index contributed by atoms with van der Waals surface area (Å²) < 4.78 is 5.46. The minimum absolute atomic E-state index is 0.0789. The molecule has 2 rings (SSSR count). The first-order chi connectivity index (χ1) is 9.20. The highest BCUT2D eigenvalue weighted by Gasteiger charge is 2.15. The lowest BCUT2D eigenvalue weighted by Crippen LogP contribution is -2.01. The highest BCUT2D eigenvalue weighted by Crippen LogP contribution is 2.29. The zero-order valence-corrected chi connectivity index (χ0v) is 10.7. The Morgan fingerprint density at radius 1 is 1.32 bits per heavy atom. The molecule has 0 saturated heterocycles. The molecule has 1 heterocycles. The van der Waals surface area contributed by atoms with E-state index in [0.29, 0.717) is 5.69 Å². The number of halogens is 1. The zero-order chi connectivity index (χ0) is 13.7. The molecular formula is C13H11ClN2O3. The molecule has 0 aliphatic rings. The molecule has 1 aromatic carbocycles. The maximum atomic E-state index is 10.9. The van der Waals surface area contributed by atoms with E-state index in [-0.39, 0.29) is 23.9 Å². The van der Waals surface area contributed by atoms with Crippen LogP contribution < -0.4 is 4.74 Å². The Morgan fingerprint density at radius 3 is 2.79 bits per heavy atom. The highest BCUT2D eigenvalue weighted by molar-refractivity contribution is 6.17. The van der Waals surface area contributed by atoms with E-state index in [1.165, 1.54) is 6.07 Å². The van der Waals surface area contributed by atoms with E-state index in [9.17, 15) is 10.1 Å². The predicted octanol–water partition coefficient (Wildman–Crippen LogP) is 3.31. The Bertz CT molecular complexity index is 575. The van der Waals surface area contributed by atoms with Gasteiger partial charge >= 0.3 is 5.69 Å².